The number of hydroxylamine groups is 1. The topological polar surface area (TPSA) is 125 Å². The lowest BCUT2D eigenvalue weighted by Crippen LogP contribution is -2.24. The Morgan fingerprint density at radius 1 is 1.27 bits per heavy atom. The molecule has 0 fully saturated rings. The van der Waals surface area contributed by atoms with Gasteiger partial charge in [-0.25, -0.2) is 19.6 Å². The molecular weight excluding hydrogens is 369 g/mol. The van der Waals surface area contributed by atoms with Crippen molar-refractivity contribution in [3.05, 3.63) is 46.7 Å². The maximum Gasteiger partial charge on any atom is 0.335 e. The second-order valence-corrected chi connectivity index (χ2v) is 5.73. The number of carboxylic acid groups (broad SMARTS) is 1. The molecule has 0 aliphatic heterocycles. The fourth-order valence-corrected chi connectivity index (χ4v) is 2.67. The number of aromatic carboxylic acids is 1. The third-order valence-corrected chi connectivity index (χ3v) is 4.03. The maximum absolute atomic E-state index is 14.5. The lowest BCUT2D eigenvalue weighted by Gasteiger charge is -2.10. The first-order valence-electron chi connectivity index (χ1n) is 7.17. The molecule has 8 nitrogen and oxygen atoms in total. The van der Waals surface area contributed by atoms with Gasteiger partial charge in [-0.2, -0.15) is 0 Å². The molecule has 1 heterocycles. The molecule has 0 unspecified atom stereocenters. The zero-order chi connectivity index (χ0) is 19.0. The molecule has 3 rings (SSSR count). The van der Waals surface area contributed by atoms with E-state index in [1.54, 1.807) is 0 Å². The first kappa shape index (κ1) is 17.6. The number of phenolic OH excluding ortho intramolecular Hbond substituents is 1. The molecule has 0 saturated carbocycles. The minimum Gasteiger partial charge on any atom is -0.504 e. The van der Waals surface area contributed by atoms with Gasteiger partial charge in [0.05, 0.1) is 27.2 Å². The molecule has 134 valence electrons. The molecule has 0 bridgehead atoms. The van der Waals surface area contributed by atoms with Gasteiger partial charge in [0.2, 0.25) is 0 Å². The predicted molar refractivity (Wildman–Crippen MR) is 88.7 cm³/mol. The average Bonchev–Trinajstić information content (AvgIpc) is 2.97. The highest BCUT2D eigenvalue weighted by Crippen LogP contribution is 2.35. The third kappa shape index (κ3) is 2.93. The second-order valence-electron chi connectivity index (χ2n) is 5.32. The summed E-state index contributed by atoms with van der Waals surface area (Å²) in [6.45, 7) is -0.419. The van der Waals surface area contributed by atoms with Crippen LogP contribution in [0, 0.1) is 5.82 Å². The van der Waals surface area contributed by atoms with Crippen molar-refractivity contribution in [3.63, 3.8) is 0 Å². The van der Waals surface area contributed by atoms with Gasteiger partial charge in [-0.05, 0) is 30.3 Å². The predicted octanol–water partition coefficient (Wildman–Crippen LogP) is 2.40. The van der Waals surface area contributed by atoms with Crippen molar-refractivity contribution >= 4 is 34.5 Å². The zero-order valence-corrected chi connectivity index (χ0v) is 13.7. The number of phenols is 1. The van der Waals surface area contributed by atoms with Crippen LogP contribution in [-0.4, -0.2) is 36.8 Å². The Hall–Kier alpha value is -3.17. The third-order valence-electron chi connectivity index (χ3n) is 3.73. The SMILES string of the molecule is O=C(Cn1c(-c2ccc(Cl)c(O)c2F)nc2cc(C(=O)O)ccc21)NO. The van der Waals surface area contributed by atoms with Gasteiger partial charge in [0.1, 0.15) is 12.4 Å². The number of aromatic hydroxyl groups is 1. The van der Waals surface area contributed by atoms with Crippen molar-refractivity contribution < 1.29 is 29.4 Å². The molecule has 0 radical (unpaired) electrons. The Morgan fingerprint density at radius 3 is 2.65 bits per heavy atom. The molecule has 0 saturated heterocycles. The summed E-state index contributed by atoms with van der Waals surface area (Å²) >= 11 is 5.67. The molecule has 2 aromatic carbocycles. The second kappa shape index (κ2) is 6.62. The van der Waals surface area contributed by atoms with E-state index >= 15 is 0 Å². The summed E-state index contributed by atoms with van der Waals surface area (Å²) in [6.07, 6.45) is 0. The Balaban J connectivity index is 2.29. The molecule has 1 amide bonds. The minimum absolute atomic E-state index is 0.0419. The lowest BCUT2D eigenvalue weighted by molar-refractivity contribution is -0.129. The van der Waals surface area contributed by atoms with Gasteiger partial charge < -0.3 is 14.8 Å². The van der Waals surface area contributed by atoms with Crippen LogP contribution in [0.1, 0.15) is 10.4 Å². The number of imidazole rings is 1. The van der Waals surface area contributed by atoms with Crippen LogP contribution in [0.2, 0.25) is 5.02 Å². The van der Waals surface area contributed by atoms with Crippen molar-refractivity contribution in [2.24, 2.45) is 0 Å². The van der Waals surface area contributed by atoms with E-state index in [2.05, 4.69) is 4.98 Å². The average molecular weight is 380 g/mol. The number of aromatic nitrogens is 2. The van der Waals surface area contributed by atoms with E-state index in [4.69, 9.17) is 21.9 Å². The molecule has 0 aliphatic carbocycles. The number of nitrogens with zero attached hydrogens (tertiary/aromatic N) is 2. The molecule has 0 atom stereocenters. The lowest BCUT2D eigenvalue weighted by atomic mass is 10.2. The number of fused-ring (bicyclic) bond motifs is 1. The number of nitrogens with one attached hydrogen (secondary N) is 1. The molecule has 0 aliphatic rings. The number of carbonyl (C=O) groups excluding carboxylic acids is 1. The van der Waals surface area contributed by atoms with Crippen molar-refractivity contribution in [1.29, 1.82) is 0 Å². The first-order valence-corrected chi connectivity index (χ1v) is 7.55. The van der Waals surface area contributed by atoms with Crippen LogP contribution >= 0.6 is 11.6 Å². The zero-order valence-electron chi connectivity index (χ0n) is 12.9. The standard InChI is InChI=1S/C16H11ClFN3O5/c17-9-3-2-8(13(18)14(9)23)15-19-10-5-7(16(24)25)1-4-11(10)21(15)6-12(22)20-26/h1-5,23,26H,6H2,(H,20,22)(H,24,25). The van der Waals surface area contributed by atoms with E-state index in [-0.39, 0.29) is 27.5 Å². The van der Waals surface area contributed by atoms with E-state index in [9.17, 15) is 19.1 Å². The van der Waals surface area contributed by atoms with Crippen LogP contribution in [0.3, 0.4) is 0 Å². The van der Waals surface area contributed by atoms with Gasteiger partial charge in [-0.3, -0.25) is 10.0 Å². The number of benzene rings is 2. The number of hydrogen-bond acceptors (Lipinski definition) is 5. The Labute approximate surface area is 150 Å². The minimum atomic E-state index is -1.17. The number of carbonyl (C=O) groups is 2. The molecule has 4 N–H and O–H groups in total. The number of hydrogen-bond donors (Lipinski definition) is 4. The van der Waals surface area contributed by atoms with Gasteiger partial charge in [0.25, 0.3) is 5.91 Å². The summed E-state index contributed by atoms with van der Waals surface area (Å²) in [5.41, 5.74) is 1.81. The summed E-state index contributed by atoms with van der Waals surface area (Å²) in [5.74, 6) is -3.84. The van der Waals surface area contributed by atoms with Gasteiger partial charge in [0.15, 0.2) is 11.6 Å². The van der Waals surface area contributed by atoms with Crippen molar-refractivity contribution in [2.75, 3.05) is 0 Å². The molecule has 1 aromatic heterocycles. The maximum atomic E-state index is 14.5. The summed E-state index contributed by atoms with van der Waals surface area (Å²) < 4.78 is 15.7. The Morgan fingerprint density at radius 2 is 2.00 bits per heavy atom. The van der Waals surface area contributed by atoms with Gasteiger partial charge >= 0.3 is 5.97 Å². The number of halogens is 2. The first-order chi connectivity index (χ1) is 12.3. The van der Waals surface area contributed by atoms with E-state index in [0.717, 1.165) is 0 Å². The van der Waals surface area contributed by atoms with Crippen LogP contribution in [0.25, 0.3) is 22.4 Å². The fourth-order valence-electron chi connectivity index (χ4n) is 2.52. The van der Waals surface area contributed by atoms with E-state index in [0.29, 0.717) is 5.52 Å². The summed E-state index contributed by atoms with van der Waals surface area (Å²) in [5, 5.41) is 27.4. The molecule has 0 spiro atoms. The van der Waals surface area contributed by atoms with E-state index in [1.165, 1.54) is 40.4 Å². The number of carboxylic acids is 1. The van der Waals surface area contributed by atoms with Crippen LogP contribution in [0.5, 0.6) is 5.75 Å². The largest absolute Gasteiger partial charge is 0.504 e. The van der Waals surface area contributed by atoms with Crippen molar-refractivity contribution in [1.82, 2.24) is 15.0 Å². The van der Waals surface area contributed by atoms with Crippen LogP contribution in [0.4, 0.5) is 4.39 Å². The highest BCUT2D eigenvalue weighted by atomic mass is 35.5. The van der Waals surface area contributed by atoms with Gasteiger partial charge in [-0.15, -0.1) is 0 Å². The number of rotatable bonds is 4. The summed E-state index contributed by atoms with van der Waals surface area (Å²) in [4.78, 5) is 26.9. The van der Waals surface area contributed by atoms with Crippen LogP contribution in [0.15, 0.2) is 30.3 Å². The normalized spacial score (nSPS) is 10.9. The van der Waals surface area contributed by atoms with Crippen molar-refractivity contribution in [3.8, 4) is 17.1 Å². The monoisotopic (exact) mass is 379 g/mol. The highest BCUT2D eigenvalue weighted by Gasteiger charge is 2.21. The smallest absolute Gasteiger partial charge is 0.335 e. The Bertz CT molecular complexity index is 1050. The van der Waals surface area contributed by atoms with Gasteiger partial charge in [0, 0.05) is 0 Å². The molecule has 26 heavy (non-hydrogen) atoms. The molecular formula is C16H11ClFN3O5. The summed E-state index contributed by atoms with van der Waals surface area (Å²) in [7, 11) is 0. The number of amides is 1. The fraction of sp³-hybridized carbons (Fsp3) is 0.0625. The highest BCUT2D eigenvalue weighted by molar-refractivity contribution is 6.32. The van der Waals surface area contributed by atoms with Crippen molar-refractivity contribution in [2.45, 2.75) is 6.54 Å². The van der Waals surface area contributed by atoms with E-state index < -0.39 is 30.0 Å². The molecule has 3 aromatic rings. The van der Waals surface area contributed by atoms with Gasteiger partial charge in [-0.1, -0.05) is 11.6 Å². The quantitative estimate of drug-likeness (QED) is 0.407. The molecule has 10 heteroatoms. The Kier molecular flexibility index (Phi) is 4.49. The van der Waals surface area contributed by atoms with E-state index in [1.807, 2.05) is 0 Å². The summed E-state index contributed by atoms with van der Waals surface area (Å²) in [6, 6.07) is 6.51. The van der Waals surface area contributed by atoms with Crippen LogP contribution < -0.4 is 5.48 Å². The van der Waals surface area contributed by atoms with Crippen LogP contribution in [-0.2, 0) is 11.3 Å².